The van der Waals surface area contributed by atoms with Crippen molar-refractivity contribution in [3.63, 3.8) is 0 Å². The summed E-state index contributed by atoms with van der Waals surface area (Å²) in [6, 6.07) is 21.8. The highest BCUT2D eigenvalue weighted by molar-refractivity contribution is 6.01. The highest BCUT2D eigenvalue weighted by Crippen LogP contribution is 2.32. The summed E-state index contributed by atoms with van der Waals surface area (Å²) in [5.74, 6) is 0.578. The summed E-state index contributed by atoms with van der Waals surface area (Å²) in [5.41, 5.74) is 5.72. The summed E-state index contributed by atoms with van der Waals surface area (Å²) in [6.45, 7) is 0. The molecule has 1 aliphatic rings. The van der Waals surface area contributed by atoms with Crippen LogP contribution >= 0.6 is 0 Å². The van der Waals surface area contributed by atoms with Crippen LogP contribution in [-0.4, -0.2) is 29.2 Å². The van der Waals surface area contributed by atoms with Gasteiger partial charge in [0.15, 0.2) is 0 Å². The molecule has 1 aliphatic heterocycles. The Kier molecular flexibility index (Phi) is 4.99. The normalized spacial score (nSPS) is 12.3. The minimum Gasteiger partial charge on any atom is -0.453 e. The molecule has 1 aromatic heterocycles. The number of rotatable bonds is 3. The summed E-state index contributed by atoms with van der Waals surface area (Å²) < 4.78 is 4.64. The van der Waals surface area contributed by atoms with Gasteiger partial charge in [-0.2, -0.15) is 5.10 Å². The first kappa shape index (κ1) is 19.7. The van der Waals surface area contributed by atoms with E-state index < -0.39 is 6.09 Å². The van der Waals surface area contributed by atoms with E-state index in [4.69, 9.17) is 0 Å². The van der Waals surface area contributed by atoms with Crippen molar-refractivity contribution in [2.24, 2.45) is 4.99 Å². The van der Waals surface area contributed by atoms with Crippen molar-refractivity contribution in [3.8, 4) is 11.1 Å². The molecule has 0 saturated carbocycles. The number of carbonyl (C=O) groups excluding carboxylic acids is 1. The summed E-state index contributed by atoms with van der Waals surface area (Å²) in [4.78, 5) is 28.0. The standard InChI is InChI=1S/C25H20N4O3/c1-32-25(31)27-23-14-18-10-9-17(13-21(18)26-23)16-6-4-5-15(11-16)12-22-19-7-2-3-8-20(19)24(30)29-28-22/h2-11,13H,12,14H2,1H3,(H,29,30)(H,26,27,31). The molecule has 32 heavy (non-hydrogen) atoms. The van der Waals surface area contributed by atoms with Crippen LogP contribution in [0.2, 0.25) is 0 Å². The molecule has 0 atom stereocenters. The van der Waals surface area contributed by atoms with Crippen LogP contribution in [0.25, 0.3) is 21.9 Å². The Labute approximate surface area is 183 Å². The second-order valence-corrected chi connectivity index (χ2v) is 7.62. The van der Waals surface area contributed by atoms with E-state index in [0.29, 0.717) is 24.1 Å². The molecule has 0 aliphatic carbocycles. The summed E-state index contributed by atoms with van der Waals surface area (Å²) >= 11 is 0. The Balaban J connectivity index is 1.44. The smallest absolute Gasteiger partial charge is 0.412 e. The van der Waals surface area contributed by atoms with Crippen LogP contribution in [0.1, 0.15) is 16.8 Å². The Hall–Kier alpha value is -4.26. The number of aromatic nitrogens is 2. The topological polar surface area (TPSA) is 96.4 Å². The van der Waals surface area contributed by atoms with Crippen LogP contribution in [0, 0.1) is 0 Å². The molecular formula is C25H20N4O3. The fourth-order valence-electron chi connectivity index (χ4n) is 3.96. The molecule has 0 radical (unpaired) electrons. The van der Waals surface area contributed by atoms with Crippen molar-refractivity contribution in [3.05, 3.63) is 93.9 Å². The zero-order valence-corrected chi connectivity index (χ0v) is 17.4. The van der Waals surface area contributed by atoms with Crippen LogP contribution in [0.4, 0.5) is 10.5 Å². The number of nitrogens with one attached hydrogen (secondary N) is 2. The lowest BCUT2D eigenvalue weighted by atomic mass is 9.98. The largest absolute Gasteiger partial charge is 0.453 e. The van der Waals surface area contributed by atoms with Crippen LogP contribution in [0.5, 0.6) is 0 Å². The number of ether oxygens (including phenoxy) is 1. The number of fused-ring (bicyclic) bond motifs is 2. The molecule has 0 spiro atoms. The molecule has 2 heterocycles. The number of H-pyrrole nitrogens is 1. The Morgan fingerprint density at radius 3 is 2.69 bits per heavy atom. The predicted molar refractivity (Wildman–Crippen MR) is 123 cm³/mol. The van der Waals surface area contributed by atoms with Gasteiger partial charge in [0.25, 0.3) is 5.56 Å². The lowest BCUT2D eigenvalue weighted by Gasteiger charge is -2.08. The van der Waals surface area contributed by atoms with Crippen molar-refractivity contribution < 1.29 is 9.53 Å². The number of hydrogen-bond acceptors (Lipinski definition) is 5. The maximum absolute atomic E-state index is 12.1. The number of aromatic amines is 1. The maximum atomic E-state index is 12.1. The Bertz CT molecular complexity index is 1440. The molecule has 4 aromatic rings. The second kappa shape index (κ2) is 8.11. The maximum Gasteiger partial charge on any atom is 0.412 e. The van der Waals surface area contributed by atoms with Crippen molar-refractivity contribution in [2.45, 2.75) is 12.8 Å². The molecule has 0 unspecified atom stereocenters. The van der Waals surface area contributed by atoms with Gasteiger partial charge in [0, 0.05) is 18.2 Å². The second-order valence-electron chi connectivity index (χ2n) is 7.62. The zero-order chi connectivity index (χ0) is 22.1. The van der Waals surface area contributed by atoms with Gasteiger partial charge < -0.3 is 4.74 Å². The van der Waals surface area contributed by atoms with Gasteiger partial charge in [-0.3, -0.25) is 10.1 Å². The van der Waals surface area contributed by atoms with Gasteiger partial charge in [-0.1, -0.05) is 54.6 Å². The minimum atomic E-state index is -0.520. The van der Waals surface area contributed by atoms with Gasteiger partial charge in [0.1, 0.15) is 5.84 Å². The van der Waals surface area contributed by atoms with Crippen LogP contribution in [0.15, 0.2) is 76.5 Å². The third-order valence-corrected chi connectivity index (χ3v) is 5.54. The highest BCUT2D eigenvalue weighted by Gasteiger charge is 2.17. The number of methoxy groups -OCH3 is 1. The Morgan fingerprint density at radius 2 is 1.84 bits per heavy atom. The molecule has 7 nitrogen and oxygen atoms in total. The average molecular weight is 424 g/mol. The summed E-state index contributed by atoms with van der Waals surface area (Å²) in [7, 11) is 1.33. The number of nitrogens with zero attached hydrogens (tertiary/aromatic N) is 2. The van der Waals surface area contributed by atoms with Crippen LogP contribution in [-0.2, 0) is 17.6 Å². The van der Waals surface area contributed by atoms with E-state index in [1.54, 1.807) is 0 Å². The molecule has 0 fully saturated rings. The van der Waals surface area contributed by atoms with Gasteiger partial charge >= 0.3 is 6.09 Å². The van der Waals surface area contributed by atoms with Crippen molar-refractivity contribution in [1.29, 1.82) is 0 Å². The van der Waals surface area contributed by atoms with E-state index in [1.807, 2.05) is 42.5 Å². The highest BCUT2D eigenvalue weighted by atomic mass is 16.5. The third-order valence-electron chi connectivity index (χ3n) is 5.54. The number of amidine groups is 1. The van der Waals surface area contributed by atoms with E-state index in [2.05, 4.69) is 49.5 Å². The molecule has 1 amide bonds. The van der Waals surface area contributed by atoms with Crippen LogP contribution in [0.3, 0.4) is 0 Å². The van der Waals surface area contributed by atoms with Crippen molar-refractivity contribution >= 4 is 28.4 Å². The zero-order valence-electron chi connectivity index (χ0n) is 17.4. The third kappa shape index (κ3) is 3.76. The number of amides is 1. The van der Waals surface area contributed by atoms with Gasteiger partial charge in [0.05, 0.1) is 23.9 Å². The first-order valence-corrected chi connectivity index (χ1v) is 10.2. The lowest BCUT2D eigenvalue weighted by Crippen LogP contribution is -2.30. The Morgan fingerprint density at radius 1 is 1.03 bits per heavy atom. The fourth-order valence-corrected chi connectivity index (χ4v) is 3.96. The minimum absolute atomic E-state index is 0.183. The number of benzene rings is 3. The van der Waals surface area contributed by atoms with E-state index in [0.717, 1.165) is 39.0 Å². The van der Waals surface area contributed by atoms with Crippen molar-refractivity contribution in [1.82, 2.24) is 15.5 Å². The number of carbonyl (C=O) groups is 1. The quantitative estimate of drug-likeness (QED) is 0.517. The van der Waals surface area contributed by atoms with Gasteiger partial charge in [0.2, 0.25) is 0 Å². The molecule has 5 rings (SSSR count). The lowest BCUT2D eigenvalue weighted by molar-refractivity contribution is 0.176. The van der Waals surface area contributed by atoms with E-state index >= 15 is 0 Å². The number of hydrogen-bond donors (Lipinski definition) is 2. The summed E-state index contributed by atoms with van der Waals surface area (Å²) in [6.07, 6.45) is 0.643. The summed E-state index contributed by atoms with van der Waals surface area (Å²) in [5, 5.41) is 11.0. The predicted octanol–water partition coefficient (Wildman–Crippen LogP) is 4.12. The fraction of sp³-hybridized carbons (Fsp3) is 0.120. The number of aliphatic imine (C=N–C) groups is 1. The number of alkyl carbamates (subject to hydrolysis) is 1. The van der Waals surface area contributed by atoms with Gasteiger partial charge in [-0.15, -0.1) is 0 Å². The monoisotopic (exact) mass is 424 g/mol. The van der Waals surface area contributed by atoms with Gasteiger partial charge in [-0.05, 0) is 34.4 Å². The van der Waals surface area contributed by atoms with E-state index in [1.165, 1.54) is 7.11 Å². The first-order chi connectivity index (χ1) is 15.6. The van der Waals surface area contributed by atoms with Gasteiger partial charge in [-0.25, -0.2) is 14.9 Å². The van der Waals surface area contributed by atoms with Crippen molar-refractivity contribution in [2.75, 3.05) is 7.11 Å². The van der Waals surface area contributed by atoms with Crippen LogP contribution < -0.4 is 10.9 Å². The molecule has 7 heteroatoms. The first-order valence-electron chi connectivity index (χ1n) is 10.2. The molecule has 3 aromatic carbocycles. The van der Waals surface area contributed by atoms with E-state index in [-0.39, 0.29) is 5.56 Å². The molecular weight excluding hydrogens is 404 g/mol. The molecule has 158 valence electrons. The van der Waals surface area contributed by atoms with E-state index in [9.17, 15) is 9.59 Å². The molecule has 2 N–H and O–H groups in total. The average Bonchev–Trinajstić information content (AvgIpc) is 3.22. The SMILES string of the molecule is COC(=O)NC1=Nc2cc(-c3cccc(Cc4n[nH]c(=O)c5ccccc45)c3)ccc2C1. The molecule has 0 bridgehead atoms. The molecule has 0 saturated heterocycles.